The molecule has 1 aliphatic heterocycles. The highest BCUT2D eigenvalue weighted by Gasteiger charge is 2.47. The topological polar surface area (TPSA) is 53.6 Å². The van der Waals surface area contributed by atoms with Gasteiger partial charge in [0, 0.05) is 20.7 Å². The molecule has 1 aliphatic carbocycles. The van der Waals surface area contributed by atoms with E-state index in [9.17, 15) is 4.79 Å². The Bertz CT molecular complexity index is 814. The molecule has 0 aromatic heterocycles. The number of hydrogen-bond acceptors (Lipinski definition) is 4. The molecule has 0 bridgehead atoms. The number of carbonyl (C=O) groups is 1. The van der Waals surface area contributed by atoms with Crippen molar-refractivity contribution in [3.05, 3.63) is 58.8 Å². The van der Waals surface area contributed by atoms with Gasteiger partial charge in [-0.3, -0.25) is 4.79 Å². The SMILES string of the molecule is CNC1=CC(C)(OC)C(C(=O)NC2(C)CCN(Cl)C2Cc2ccccc2)C=C1Cl. The summed E-state index contributed by atoms with van der Waals surface area (Å²) >= 11 is 12.9. The summed E-state index contributed by atoms with van der Waals surface area (Å²) in [6.45, 7) is 4.66. The van der Waals surface area contributed by atoms with Crippen LogP contribution in [0.5, 0.6) is 0 Å². The zero-order valence-electron chi connectivity index (χ0n) is 17.3. The first-order valence-corrected chi connectivity index (χ1v) is 10.6. The summed E-state index contributed by atoms with van der Waals surface area (Å²) in [5.74, 6) is -0.665. The number of amides is 1. The smallest absolute Gasteiger partial charge is 0.230 e. The molecule has 158 valence electrons. The molecule has 1 fully saturated rings. The summed E-state index contributed by atoms with van der Waals surface area (Å²) in [5.41, 5.74) is 0.678. The van der Waals surface area contributed by atoms with Crippen LogP contribution in [0.1, 0.15) is 25.8 Å². The van der Waals surface area contributed by atoms with Gasteiger partial charge in [-0.05, 0) is 56.2 Å². The normalized spacial score (nSPS) is 32.5. The van der Waals surface area contributed by atoms with Crippen molar-refractivity contribution < 1.29 is 9.53 Å². The van der Waals surface area contributed by atoms with Crippen molar-refractivity contribution in [1.82, 2.24) is 15.1 Å². The molecule has 3 rings (SSSR count). The third kappa shape index (κ3) is 4.48. The lowest BCUT2D eigenvalue weighted by Gasteiger charge is -2.39. The summed E-state index contributed by atoms with van der Waals surface area (Å²) in [4.78, 5) is 13.4. The molecular formula is C22H29Cl2N3O2. The second-order valence-corrected chi connectivity index (χ2v) is 9.02. The summed E-state index contributed by atoms with van der Waals surface area (Å²) < 4.78 is 7.53. The molecule has 7 heteroatoms. The summed E-state index contributed by atoms with van der Waals surface area (Å²) in [7, 11) is 3.40. The molecule has 4 atom stereocenters. The van der Waals surface area contributed by atoms with Gasteiger partial charge in [0.05, 0.1) is 28.2 Å². The number of halogens is 2. The fourth-order valence-electron chi connectivity index (χ4n) is 4.20. The molecule has 1 aromatic rings. The number of nitrogens with zero attached hydrogens (tertiary/aromatic N) is 1. The highest BCUT2D eigenvalue weighted by molar-refractivity contribution is 6.32. The Kier molecular flexibility index (Phi) is 6.64. The lowest BCUT2D eigenvalue weighted by Crippen LogP contribution is -2.58. The molecule has 0 saturated carbocycles. The van der Waals surface area contributed by atoms with Crippen LogP contribution in [0.2, 0.25) is 0 Å². The second kappa shape index (κ2) is 8.68. The predicted octanol–water partition coefficient (Wildman–Crippen LogP) is 3.59. The fraction of sp³-hybridized carbons (Fsp3) is 0.500. The van der Waals surface area contributed by atoms with Crippen molar-refractivity contribution in [1.29, 1.82) is 0 Å². The standard InChI is InChI=1S/C22H29Cl2N3O2/c1-21(10-11-27(24)19(21)12-15-8-6-5-7-9-15)26-20(28)16-13-17(23)18(25-3)14-22(16,2)29-4/h5-9,13-14,16,19,25H,10-12H2,1-4H3,(H,26,28). The van der Waals surface area contributed by atoms with Crippen molar-refractivity contribution in [2.24, 2.45) is 5.92 Å². The van der Waals surface area contributed by atoms with Gasteiger partial charge in [0.1, 0.15) is 5.60 Å². The number of rotatable bonds is 6. The number of hydrogen-bond donors (Lipinski definition) is 2. The Labute approximate surface area is 183 Å². The van der Waals surface area contributed by atoms with Crippen LogP contribution in [0, 0.1) is 5.92 Å². The third-order valence-electron chi connectivity index (χ3n) is 6.21. The van der Waals surface area contributed by atoms with E-state index in [0.717, 1.165) is 18.5 Å². The number of ether oxygens (including phenoxy) is 1. The van der Waals surface area contributed by atoms with E-state index in [0.29, 0.717) is 11.6 Å². The van der Waals surface area contributed by atoms with Gasteiger partial charge in [0.2, 0.25) is 5.91 Å². The minimum atomic E-state index is -0.800. The van der Waals surface area contributed by atoms with Gasteiger partial charge in [0.15, 0.2) is 0 Å². The van der Waals surface area contributed by atoms with Crippen LogP contribution in [-0.4, -0.2) is 48.2 Å². The molecule has 0 spiro atoms. The van der Waals surface area contributed by atoms with Gasteiger partial charge in [-0.1, -0.05) is 41.9 Å². The second-order valence-electron chi connectivity index (χ2n) is 8.17. The molecule has 1 saturated heterocycles. The number of nitrogens with one attached hydrogen (secondary N) is 2. The molecule has 4 unspecified atom stereocenters. The minimum absolute atomic E-state index is 0.0178. The zero-order chi connectivity index (χ0) is 21.2. The van der Waals surface area contributed by atoms with Crippen molar-refractivity contribution in [2.45, 2.75) is 43.9 Å². The van der Waals surface area contributed by atoms with Gasteiger partial charge in [-0.15, -0.1) is 0 Å². The number of benzene rings is 1. The maximum Gasteiger partial charge on any atom is 0.230 e. The summed E-state index contributed by atoms with van der Waals surface area (Å²) in [6, 6.07) is 10.2. The Balaban J connectivity index is 1.82. The van der Waals surface area contributed by atoms with Crippen LogP contribution in [0.15, 0.2) is 53.2 Å². The van der Waals surface area contributed by atoms with E-state index in [4.69, 9.17) is 28.1 Å². The number of methoxy groups -OCH3 is 1. The number of allylic oxidation sites excluding steroid dienone is 1. The molecule has 1 aromatic carbocycles. The first kappa shape index (κ1) is 22.2. The highest BCUT2D eigenvalue weighted by atomic mass is 35.5. The largest absolute Gasteiger partial charge is 0.387 e. The molecule has 29 heavy (non-hydrogen) atoms. The van der Waals surface area contributed by atoms with Gasteiger partial charge < -0.3 is 15.4 Å². The first-order chi connectivity index (χ1) is 13.7. The molecule has 2 N–H and O–H groups in total. The predicted molar refractivity (Wildman–Crippen MR) is 118 cm³/mol. The molecule has 5 nitrogen and oxygen atoms in total. The van der Waals surface area contributed by atoms with Crippen LogP contribution in [0.25, 0.3) is 0 Å². The van der Waals surface area contributed by atoms with E-state index in [-0.39, 0.29) is 11.9 Å². The van der Waals surface area contributed by atoms with Crippen LogP contribution < -0.4 is 10.6 Å². The van der Waals surface area contributed by atoms with E-state index < -0.39 is 17.1 Å². The van der Waals surface area contributed by atoms with Gasteiger partial charge in [0.25, 0.3) is 0 Å². The summed E-state index contributed by atoms with van der Waals surface area (Å²) in [5, 5.41) is 6.83. The van der Waals surface area contributed by atoms with Crippen molar-refractivity contribution in [3.8, 4) is 0 Å². The van der Waals surface area contributed by atoms with E-state index in [1.807, 2.05) is 35.6 Å². The Morgan fingerprint density at radius 1 is 1.31 bits per heavy atom. The van der Waals surface area contributed by atoms with E-state index in [1.54, 1.807) is 20.2 Å². The summed E-state index contributed by atoms with van der Waals surface area (Å²) in [6.07, 6.45) is 5.15. The van der Waals surface area contributed by atoms with E-state index in [1.165, 1.54) is 5.56 Å². The monoisotopic (exact) mass is 437 g/mol. The Morgan fingerprint density at radius 3 is 2.62 bits per heavy atom. The molecule has 1 amide bonds. The lowest BCUT2D eigenvalue weighted by molar-refractivity contribution is -0.132. The average Bonchev–Trinajstić information content (AvgIpc) is 2.98. The molecule has 0 radical (unpaired) electrons. The van der Waals surface area contributed by atoms with Crippen LogP contribution in [-0.2, 0) is 16.0 Å². The molecular weight excluding hydrogens is 409 g/mol. The van der Waals surface area contributed by atoms with Crippen LogP contribution in [0.4, 0.5) is 0 Å². The third-order valence-corrected chi connectivity index (χ3v) is 6.94. The number of likely N-dealkylation sites (N-methyl/N-ethyl adjacent to an activating group) is 1. The maximum atomic E-state index is 13.4. The van der Waals surface area contributed by atoms with Crippen molar-refractivity contribution in [3.63, 3.8) is 0 Å². The van der Waals surface area contributed by atoms with Gasteiger partial charge >= 0.3 is 0 Å². The Morgan fingerprint density at radius 2 is 2.00 bits per heavy atom. The lowest BCUT2D eigenvalue weighted by atomic mass is 9.81. The zero-order valence-corrected chi connectivity index (χ0v) is 18.8. The average molecular weight is 438 g/mol. The fourth-order valence-corrected chi connectivity index (χ4v) is 4.84. The quantitative estimate of drug-likeness (QED) is 0.667. The highest BCUT2D eigenvalue weighted by Crippen LogP contribution is 2.37. The molecule has 2 aliphatic rings. The maximum absolute atomic E-state index is 13.4. The van der Waals surface area contributed by atoms with Gasteiger partial charge in [-0.2, -0.15) is 0 Å². The van der Waals surface area contributed by atoms with E-state index in [2.05, 4.69) is 29.7 Å². The van der Waals surface area contributed by atoms with E-state index >= 15 is 0 Å². The van der Waals surface area contributed by atoms with Crippen molar-refractivity contribution >= 4 is 29.3 Å². The van der Waals surface area contributed by atoms with Crippen LogP contribution in [0.3, 0.4) is 0 Å². The van der Waals surface area contributed by atoms with Gasteiger partial charge in [-0.25, -0.2) is 4.42 Å². The van der Waals surface area contributed by atoms with Crippen molar-refractivity contribution in [2.75, 3.05) is 20.7 Å². The molecule has 1 heterocycles. The van der Waals surface area contributed by atoms with Crippen LogP contribution >= 0.6 is 23.4 Å². The minimum Gasteiger partial charge on any atom is -0.387 e. The Hall–Kier alpha value is -1.53. The number of carbonyl (C=O) groups excluding carboxylic acids is 1. The first-order valence-electron chi connectivity index (χ1n) is 9.84.